The number of hydrogen-bond acceptors (Lipinski definition) is 6. The lowest BCUT2D eigenvalue weighted by atomic mass is 10.1. The molecule has 6 aromatic heterocycles. The van der Waals surface area contributed by atoms with Crippen LogP contribution < -0.4 is 5.32 Å². The van der Waals surface area contributed by atoms with Crippen LogP contribution >= 0.6 is 11.3 Å². The second kappa shape index (κ2) is 9.14. The van der Waals surface area contributed by atoms with E-state index in [4.69, 9.17) is 4.98 Å². The topological polar surface area (TPSA) is 112 Å². The smallest absolute Gasteiger partial charge is 0.227 e. The van der Waals surface area contributed by atoms with Crippen LogP contribution in [0.3, 0.4) is 0 Å². The van der Waals surface area contributed by atoms with Crippen molar-refractivity contribution in [3.8, 4) is 33.2 Å². The zero-order valence-corrected chi connectivity index (χ0v) is 21.0. The fraction of sp³-hybridized carbons (Fsp3) is 0.179. The van der Waals surface area contributed by atoms with E-state index in [-0.39, 0.29) is 17.0 Å². The van der Waals surface area contributed by atoms with E-state index < -0.39 is 0 Å². The molecule has 3 N–H and O–H groups in total. The first-order chi connectivity index (χ1) is 18.6. The number of nitrogens with zero attached hydrogens (tertiary/aromatic N) is 4. The van der Waals surface area contributed by atoms with E-state index in [0.717, 1.165) is 81.0 Å². The zero-order chi connectivity index (χ0) is 25.6. The number of H-pyrrole nitrogens is 2. The summed E-state index contributed by atoms with van der Waals surface area (Å²) in [4.78, 5) is 30.5. The molecule has 6 aromatic rings. The molecule has 1 aliphatic carbocycles. The number of aromatic nitrogens is 6. The summed E-state index contributed by atoms with van der Waals surface area (Å²) < 4.78 is 13.7. The summed E-state index contributed by atoms with van der Waals surface area (Å²) in [5, 5.41) is 11.2. The van der Waals surface area contributed by atoms with E-state index in [2.05, 4.69) is 30.5 Å². The number of rotatable bonds is 5. The Morgan fingerprint density at radius 1 is 1.03 bits per heavy atom. The van der Waals surface area contributed by atoms with Gasteiger partial charge < -0.3 is 10.3 Å². The van der Waals surface area contributed by atoms with E-state index in [0.29, 0.717) is 16.9 Å². The monoisotopic (exact) mass is 523 g/mol. The molecule has 1 fully saturated rings. The summed E-state index contributed by atoms with van der Waals surface area (Å²) >= 11 is 1.07. The average molecular weight is 524 g/mol. The lowest BCUT2D eigenvalue weighted by molar-refractivity contribution is -0.119. The van der Waals surface area contributed by atoms with Crippen LogP contribution in [-0.4, -0.2) is 36.0 Å². The van der Waals surface area contributed by atoms with Gasteiger partial charge in [-0.1, -0.05) is 12.8 Å². The summed E-state index contributed by atoms with van der Waals surface area (Å²) in [6, 6.07) is 12.8. The molecule has 0 aliphatic heterocycles. The van der Waals surface area contributed by atoms with Gasteiger partial charge in [-0.3, -0.25) is 19.9 Å². The zero-order valence-electron chi connectivity index (χ0n) is 20.2. The summed E-state index contributed by atoms with van der Waals surface area (Å²) in [5.74, 6) is 0.132. The first kappa shape index (κ1) is 22.7. The normalized spacial score (nSPS) is 14.0. The molecule has 10 heteroatoms. The largest absolute Gasteiger partial charge is 0.353 e. The van der Waals surface area contributed by atoms with Crippen LogP contribution in [0.25, 0.3) is 55.2 Å². The number of amides is 1. The van der Waals surface area contributed by atoms with Gasteiger partial charge in [0.2, 0.25) is 5.91 Å². The van der Waals surface area contributed by atoms with Gasteiger partial charge in [0.25, 0.3) is 0 Å². The fourth-order valence-electron chi connectivity index (χ4n) is 5.15. The highest BCUT2D eigenvalue weighted by Crippen LogP contribution is 2.35. The summed E-state index contributed by atoms with van der Waals surface area (Å²) in [6.07, 6.45) is 9.20. The van der Waals surface area contributed by atoms with Crippen LogP contribution in [0.1, 0.15) is 25.7 Å². The van der Waals surface area contributed by atoms with Crippen molar-refractivity contribution in [2.24, 2.45) is 5.92 Å². The average Bonchev–Trinajstić information content (AvgIpc) is 3.74. The third kappa shape index (κ3) is 4.03. The van der Waals surface area contributed by atoms with Crippen molar-refractivity contribution in [3.05, 3.63) is 66.2 Å². The minimum absolute atomic E-state index is 0.0555. The number of anilines is 1. The van der Waals surface area contributed by atoms with Gasteiger partial charge in [0, 0.05) is 34.8 Å². The molecule has 0 aromatic carbocycles. The molecule has 0 saturated heterocycles. The maximum atomic E-state index is 13.7. The molecule has 0 atom stereocenters. The molecule has 7 rings (SSSR count). The Labute approximate surface area is 220 Å². The van der Waals surface area contributed by atoms with E-state index in [1.54, 1.807) is 24.7 Å². The van der Waals surface area contributed by atoms with Crippen molar-refractivity contribution in [1.29, 1.82) is 0 Å². The molecule has 38 heavy (non-hydrogen) atoms. The van der Waals surface area contributed by atoms with Crippen molar-refractivity contribution in [2.75, 3.05) is 5.32 Å². The predicted octanol–water partition coefficient (Wildman–Crippen LogP) is 6.56. The highest BCUT2D eigenvalue weighted by Gasteiger charge is 2.23. The van der Waals surface area contributed by atoms with Gasteiger partial charge in [-0.2, -0.15) is 9.49 Å². The van der Waals surface area contributed by atoms with Crippen molar-refractivity contribution >= 4 is 44.9 Å². The van der Waals surface area contributed by atoms with Crippen LogP contribution in [0, 0.1) is 11.0 Å². The fourth-order valence-corrected chi connectivity index (χ4v) is 5.89. The van der Waals surface area contributed by atoms with Crippen LogP contribution in [-0.2, 0) is 4.79 Å². The standard InChI is InChI=1S/C28H22FN7OS/c29-24-8-7-23(38-24)25-18-12-22(33-20(18)9-10-31-25)27-26-21(35-36-27)6-5-19(34-26)16-11-17(14-30-13-16)32-28(37)15-3-1-2-4-15/h5-15,33H,1-4H2,(H,32,37)(H,35,36). The molecule has 1 amide bonds. The minimum atomic E-state index is -0.249. The number of fused-ring (bicyclic) bond motifs is 2. The molecule has 0 bridgehead atoms. The first-order valence-corrected chi connectivity index (χ1v) is 13.3. The predicted molar refractivity (Wildman–Crippen MR) is 146 cm³/mol. The molecule has 8 nitrogen and oxygen atoms in total. The van der Waals surface area contributed by atoms with Gasteiger partial charge in [0.05, 0.1) is 39.4 Å². The molecule has 0 unspecified atom stereocenters. The minimum Gasteiger partial charge on any atom is -0.353 e. The summed E-state index contributed by atoms with van der Waals surface area (Å²) in [7, 11) is 0. The first-order valence-electron chi connectivity index (χ1n) is 12.5. The number of pyridine rings is 3. The van der Waals surface area contributed by atoms with Gasteiger partial charge in [-0.25, -0.2) is 4.98 Å². The molecule has 1 aliphatic rings. The Morgan fingerprint density at radius 2 is 1.92 bits per heavy atom. The van der Waals surface area contributed by atoms with Gasteiger partial charge >= 0.3 is 0 Å². The maximum absolute atomic E-state index is 13.7. The number of aromatic amines is 2. The van der Waals surface area contributed by atoms with Crippen molar-refractivity contribution in [2.45, 2.75) is 25.7 Å². The number of hydrogen-bond donors (Lipinski definition) is 3. The summed E-state index contributed by atoms with van der Waals surface area (Å²) in [5.41, 5.74) is 6.71. The number of halogens is 1. The van der Waals surface area contributed by atoms with E-state index in [9.17, 15) is 9.18 Å². The third-order valence-electron chi connectivity index (χ3n) is 7.05. The van der Waals surface area contributed by atoms with Gasteiger partial charge in [0.1, 0.15) is 11.2 Å². The quantitative estimate of drug-likeness (QED) is 0.237. The molecule has 6 heterocycles. The van der Waals surface area contributed by atoms with Crippen LogP contribution in [0.15, 0.2) is 61.1 Å². The lowest BCUT2D eigenvalue weighted by Gasteiger charge is -2.11. The number of nitrogens with one attached hydrogen (secondary N) is 3. The molecular formula is C28H22FN7OS. The molecule has 0 radical (unpaired) electrons. The number of thiophene rings is 1. The Bertz CT molecular complexity index is 1810. The lowest BCUT2D eigenvalue weighted by Crippen LogP contribution is -2.20. The molecule has 1 saturated carbocycles. The highest BCUT2D eigenvalue weighted by atomic mass is 32.1. The third-order valence-corrected chi connectivity index (χ3v) is 7.93. The Hall–Kier alpha value is -4.44. The second-order valence-electron chi connectivity index (χ2n) is 9.51. The maximum Gasteiger partial charge on any atom is 0.227 e. The van der Waals surface area contributed by atoms with Gasteiger partial charge in [0.15, 0.2) is 5.13 Å². The van der Waals surface area contributed by atoms with Crippen LogP contribution in [0.2, 0.25) is 0 Å². The summed E-state index contributed by atoms with van der Waals surface area (Å²) in [6.45, 7) is 0. The SMILES string of the molecule is O=C(Nc1cncc(-c2ccc3[nH]nc(-c4cc5c(-c6ccc(F)s6)nccc5[nH]4)c3n2)c1)C1CCCC1. The van der Waals surface area contributed by atoms with E-state index in [1.165, 1.54) is 6.07 Å². The Morgan fingerprint density at radius 3 is 2.76 bits per heavy atom. The highest BCUT2D eigenvalue weighted by molar-refractivity contribution is 7.13. The van der Waals surface area contributed by atoms with Crippen molar-refractivity contribution < 1.29 is 9.18 Å². The van der Waals surface area contributed by atoms with E-state index in [1.807, 2.05) is 30.3 Å². The molecular weight excluding hydrogens is 501 g/mol. The van der Waals surface area contributed by atoms with Crippen LogP contribution in [0.4, 0.5) is 10.1 Å². The van der Waals surface area contributed by atoms with Gasteiger partial charge in [-0.05, 0) is 55.3 Å². The van der Waals surface area contributed by atoms with Crippen LogP contribution in [0.5, 0.6) is 0 Å². The van der Waals surface area contributed by atoms with Crippen molar-refractivity contribution in [3.63, 3.8) is 0 Å². The Balaban J connectivity index is 1.24. The van der Waals surface area contributed by atoms with Gasteiger partial charge in [-0.15, -0.1) is 11.3 Å². The number of carbonyl (C=O) groups excluding carboxylic acids is 1. The molecule has 0 spiro atoms. The second-order valence-corrected chi connectivity index (χ2v) is 10.5. The van der Waals surface area contributed by atoms with Crippen molar-refractivity contribution in [1.82, 2.24) is 30.1 Å². The Kier molecular flexibility index (Phi) is 5.47. The van der Waals surface area contributed by atoms with E-state index >= 15 is 0 Å². The molecule has 188 valence electrons. The number of carbonyl (C=O) groups is 1.